The van der Waals surface area contributed by atoms with E-state index < -0.39 is 0 Å². The molecule has 6 nitrogen and oxygen atoms in total. The van der Waals surface area contributed by atoms with Gasteiger partial charge in [0.2, 0.25) is 17.6 Å². The maximum atomic E-state index is 12.4. The molecule has 1 amide bonds. The van der Waals surface area contributed by atoms with Crippen molar-refractivity contribution in [3.05, 3.63) is 23.4 Å². The minimum Gasteiger partial charge on any atom is -0.343 e. The number of piperidine rings is 1. The molecular formula is C17H24N4O2S. The van der Waals surface area contributed by atoms with E-state index in [9.17, 15) is 4.79 Å². The van der Waals surface area contributed by atoms with Gasteiger partial charge in [0.05, 0.1) is 11.4 Å². The van der Waals surface area contributed by atoms with Crippen molar-refractivity contribution in [1.82, 2.24) is 19.9 Å². The maximum Gasteiger partial charge on any atom is 0.241 e. The second kappa shape index (κ2) is 7.90. The minimum absolute atomic E-state index is 0.158. The summed E-state index contributed by atoms with van der Waals surface area (Å²) in [6.45, 7) is 8.12. The highest BCUT2D eigenvalue weighted by Crippen LogP contribution is 2.23. The molecule has 7 heteroatoms. The third-order valence-electron chi connectivity index (χ3n) is 4.58. The molecule has 24 heavy (non-hydrogen) atoms. The van der Waals surface area contributed by atoms with Crippen LogP contribution in [0.3, 0.4) is 0 Å². The second-order valence-electron chi connectivity index (χ2n) is 6.05. The van der Waals surface area contributed by atoms with Gasteiger partial charge < -0.3 is 9.42 Å². The molecule has 0 atom stereocenters. The van der Waals surface area contributed by atoms with Crippen molar-refractivity contribution in [3.63, 3.8) is 0 Å². The second-order valence-corrected chi connectivity index (χ2v) is 7.00. The number of thiophene rings is 1. The fourth-order valence-electron chi connectivity index (χ4n) is 3.15. The molecule has 0 aromatic carbocycles. The Hall–Kier alpha value is -1.73. The lowest BCUT2D eigenvalue weighted by Gasteiger charge is -2.32. The molecule has 2 aromatic rings. The number of amides is 1. The van der Waals surface area contributed by atoms with Gasteiger partial charge in [0.1, 0.15) is 0 Å². The van der Waals surface area contributed by atoms with Gasteiger partial charge in [0, 0.05) is 19.0 Å². The maximum absolute atomic E-state index is 12.4. The highest BCUT2D eigenvalue weighted by Gasteiger charge is 2.28. The fourth-order valence-corrected chi connectivity index (χ4v) is 3.80. The summed E-state index contributed by atoms with van der Waals surface area (Å²) in [5.41, 5.74) is 0. The number of aromatic nitrogens is 2. The Morgan fingerprint density at radius 3 is 2.75 bits per heavy atom. The number of likely N-dealkylation sites (tertiary alicyclic amines) is 1. The first-order valence-electron chi connectivity index (χ1n) is 8.58. The summed E-state index contributed by atoms with van der Waals surface area (Å²) in [6, 6.07) is 3.97. The smallest absolute Gasteiger partial charge is 0.241 e. The highest BCUT2D eigenvalue weighted by molar-refractivity contribution is 7.13. The molecule has 3 heterocycles. The van der Waals surface area contributed by atoms with Gasteiger partial charge in [-0.3, -0.25) is 9.69 Å². The van der Waals surface area contributed by atoms with E-state index in [1.807, 2.05) is 36.3 Å². The topological polar surface area (TPSA) is 62.5 Å². The van der Waals surface area contributed by atoms with Crippen LogP contribution in [0.5, 0.6) is 0 Å². The summed E-state index contributed by atoms with van der Waals surface area (Å²) in [7, 11) is 0. The summed E-state index contributed by atoms with van der Waals surface area (Å²) < 4.78 is 5.37. The standard InChI is InChI=1S/C17H24N4O2S/c1-3-21(4-2)17(22)13-7-9-20(10-8-13)12-15-18-16(19-23-15)14-6-5-11-24-14/h5-6,11,13H,3-4,7-10,12H2,1-2H3. The van der Waals surface area contributed by atoms with Gasteiger partial charge in [-0.05, 0) is 51.2 Å². The Morgan fingerprint density at radius 1 is 1.38 bits per heavy atom. The average Bonchev–Trinajstić information content (AvgIpc) is 3.28. The van der Waals surface area contributed by atoms with Gasteiger partial charge in [-0.15, -0.1) is 11.3 Å². The molecule has 1 aliphatic heterocycles. The predicted octanol–water partition coefficient (Wildman–Crippen LogP) is 2.88. The lowest BCUT2D eigenvalue weighted by molar-refractivity contribution is -0.136. The Morgan fingerprint density at radius 2 is 2.12 bits per heavy atom. The number of hydrogen-bond acceptors (Lipinski definition) is 6. The summed E-state index contributed by atoms with van der Waals surface area (Å²) in [6.07, 6.45) is 1.81. The number of hydrogen-bond donors (Lipinski definition) is 0. The van der Waals surface area contributed by atoms with Crippen LogP contribution in [0.1, 0.15) is 32.6 Å². The van der Waals surface area contributed by atoms with Crippen LogP contribution in [0.4, 0.5) is 0 Å². The van der Waals surface area contributed by atoms with Crippen molar-refractivity contribution in [2.75, 3.05) is 26.2 Å². The molecule has 0 saturated carbocycles. The van der Waals surface area contributed by atoms with E-state index in [1.54, 1.807) is 11.3 Å². The van der Waals surface area contributed by atoms with E-state index in [1.165, 1.54) is 0 Å². The van der Waals surface area contributed by atoms with Crippen LogP contribution in [0.15, 0.2) is 22.0 Å². The fraction of sp³-hybridized carbons (Fsp3) is 0.588. The summed E-state index contributed by atoms with van der Waals surface area (Å²) in [5, 5.41) is 6.05. The van der Waals surface area contributed by atoms with E-state index in [0.717, 1.165) is 43.9 Å². The van der Waals surface area contributed by atoms with E-state index in [2.05, 4.69) is 15.0 Å². The van der Waals surface area contributed by atoms with Gasteiger partial charge in [0.15, 0.2) is 0 Å². The summed E-state index contributed by atoms with van der Waals surface area (Å²) >= 11 is 1.61. The van der Waals surface area contributed by atoms with Crippen molar-refractivity contribution in [1.29, 1.82) is 0 Å². The van der Waals surface area contributed by atoms with Crippen LogP contribution in [0.2, 0.25) is 0 Å². The third-order valence-corrected chi connectivity index (χ3v) is 5.45. The Balaban J connectivity index is 1.51. The normalized spacial score (nSPS) is 16.4. The van der Waals surface area contributed by atoms with Crippen molar-refractivity contribution in [3.8, 4) is 10.7 Å². The third kappa shape index (κ3) is 3.84. The first-order chi connectivity index (χ1) is 11.7. The number of nitrogens with zero attached hydrogens (tertiary/aromatic N) is 4. The van der Waals surface area contributed by atoms with Crippen molar-refractivity contribution < 1.29 is 9.32 Å². The van der Waals surface area contributed by atoms with Crippen molar-refractivity contribution in [2.45, 2.75) is 33.2 Å². The molecule has 0 aliphatic carbocycles. The van der Waals surface area contributed by atoms with Crippen LogP contribution in [0.25, 0.3) is 10.7 Å². The Labute approximate surface area is 146 Å². The number of rotatable bonds is 6. The molecule has 0 spiro atoms. The number of carbonyl (C=O) groups is 1. The van der Waals surface area contributed by atoms with Crippen LogP contribution >= 0.6 is 11.3 Å². The molecule has 2 aromatic heterocycles. The molecule has 0 radical (unpaired) electrons. The zero-order valence-corrected chi connectivity index (χ0v) is 15.1. The van der Waals surface area contributed by atoms with E-state index >= 15 is 0 Å². The van der Waals surface area contributed by atoms with Gasteiger partial charge in [-0.1, -0.05) is 11.2 Å². The molecule has 3 rings (SSSR count). The zero-order chi connectivity index (χ0) is 16.9. The SMILES string of the molecule is CCN(CC)C(=O)C1CCN(Cc2nc(-c3cccs3)no2)CC1. The highest BCUT2D eigenvalue weighted by atomic mass is 32.1. The lowest BCUT2D eigenvalue weighted by atomic mass is 9.95. The Kier molecular flexibility index (Phi) is 5.63. The van der Waals surface area contributed by atoms with Crippen LogP contribution < -0.4 is 0 Å². The molecule has 0 bridgehead atoms. The summed E-state index contributed by atoms with van der Waals surface area (Å²) in [5.74, 6) is 1.77. The van der Waals surface area contributed by atoms with E-state index in [0.29, 0.717) is 24.2 Å². The van der Waals surface area contributed by atoms with Crippen LogP contribution in [0, 0.1) is 5.92 Å². The van der Waals surface area contributed by atoms with Crippen LogP contribution in [-0.2, 0) is 11.3 Å². The number of carbonyl (C=O) groups excluding carboxylic acids is 1. The first kappa shape index (κ1) is 17.1. The largest absolute Gasteiger partial charge is 0.343 e. The average molecular weight is 348 g/mol. The molecule has 1 aliphatic rings. The molecular weight excluding hydrogens is 324 g/mol. The van der Waals surface area contributed by atoms with E-state index in [4.69, 9.17) is 4.52 Å². The van der Waals surface area contributed by atoms with Crippen LogP contribution in [-0.4, -0.2) is 52.0 Å². The van der Waals surface area contributed by atoms with Crippen molar-refractivity contribution in [2.24, 2.45) is 5.92 Å². The molecule has 1 saturated heterocycles. The zero-order valence-electron chi connectivity index (χ0n) is 14.3. The monoisotopic (exact) mass is 348 g/mol. The molecule has 0 unspecified atom stereocenters. The summed E-state index contributed by atoms with van der Waals surface area (Å²) in [4.78, 5) is 22.1. The molecule has 130 valence electrons. The predicted molar refractivity (Wildman–Crippen MR) is 93.5 cm³/mol. The quantitative estimate of drug-likeness (QED) is 0.803. The minimum atomic E-state index is 0.158. The lowest BCUT2D eigenvalue weighted by Crippen LogP contribution is -2.42. The van der Waals surface area contributed by atoms with Gasteiger partial charge >= 0.3 is 0 Å². The molecule has 0 N–H and O–H groups in total. The first-order valence-corrected chi connectivity index (χ1v) is 9.46. The molecule has 1 fully saturated rings. The van der Waals surface area contributed by atoms with Gasteiger partial charge in [-0.2, -0.15) is 4.98 Å². The Bertz CT molecular complexity index is 643. The van der Waals surface area contributed by atoms with E-state index in [-0.39, 0.29) is 5.92 Å². The van der Waals surface area contributed by atoms with Gasteiger partial charge in [0.25, 0.3) is 0 Å². The van der Waals surface area contributed by atoms with Crippen molar-refractivity contribution >= 4 is 17.2 Å². The van der Waals surface area contributed by atoms with Gasteiger partial charge in [-0.25, -0.2) is 0 Å².